The Hall–Kier alpha value is -3.15. The van der Waals surface area contributed by atoms with Crippen LogP contribution in [0, 0.1) is 0 Å². The number of nitrogens with zero attached hydrogens (tertiary/aromatic N) is 2. The smallest absolute Gasteiger partial charge is 0.257 e. The minimum Gasteiger partial charge on any atom is -0.361 e. The Morgan fingerprint density at radius 1 is 1.05 bits per heavy atom. The summed E-state index contributed by atoms with van der Waals surface area (Å²) in [6.45, 7) is 0. The molecular weight excluding hydrogens is 266 g/mol. The molecule has 6 heteroatoms. The first-order valence-electron chi connectivity index (χ1n) is 6.49. The van der Waals surface area contributed by atoms with E-state index in [1.54, 1.807) is 18.2 Å². The molecule has 102 valence electrons. The molecule has 0 radical (unpaired) electrons. The third kappa shape index (κ3) is 1.93. The lowest BCUT2D eigenvalue weighted by Crippen LogP contribution is -2.12. The molecule has 0 atom stereocenters. The van der Waals surface area contributed by atoms with Gasteiger partial charge < -0.3 is 10.3 Å². The maximum absolute atomic E-state index is 12.4. The molecule has 0 aliphatic heterocycles. The molecule has 0 aliphatic rings. The van der Waals surface area contributed by atoms with Crippen molar-refractivity contribution < 1.29 is 4.79 Å². The molecular formula is C15H11N5O. The summed E-state index contributed by atoms with van der Waals surface area (Å²) in [5, 5.41) is 14.4. The van der Waals surface area contributed by atoms with Gasteiger partial charge in [0.25, 0.3) is 5.91 Å². The summed E-state index contributed by atoms with van der Waals surface area (Å²) in [6.07, 6.45) is 1.82. The minimum absolute atomic E-state index is 0.161. The van der Waals surface area contributed by atoms with Crippen LogP contribution >= 0.6 is 0 Å². The van der Waals surface area contributed by atoms with Crippen molar-refractivity contribution in [2.75, 3.05) is 5.32 Å². The van der Waals surface area contributed by atoms with Crippen LogP contribution in [0.3, 0.4) is 0 Å². The second kappa shape index (κ2) is 4.45. The van der Waals surface area contributed by atoms with Crippen molar-refractivity contribution in [3.63, 3.8) is 0 Å². The first-order chi connectivity index (χ1) is 10.3. The number of hydrogen-bond donors (Lipinski definition) is 3. The summed E-state index contributed by atoms with van der Waals surface area (Å²) < 4.78 is 0. The van der Waals surface area contributed by atoms with E-state index in [0.717, 1.165) is 16.4 Å². The summed E-state index contributed by atoms with van der Waals surface area (Å²) >= 11 is 0. The van der Waals surface area contributed by atoms with Gasteiger partial charge in [0.15, 0.2) is 0 Å². The van der Waals surface area contributed by atoms with E-state index in [2.05, 4.69) is 25.7 Å². The number of para-hydroxylation sites is 1. The van der Waals surface area contributed by atoms with E-state index in [0.29, 0.717) is 16.8 Å². The molecule has 0 saturated heterocycles. The van der Waals surface area contributed by atoms with Gasteiger partial charge in [-0.15, -0.1) is 0 Å². The van der Waals surface area contributed by atoms with Crippen molar-refractivity contribution in [1.29, 1.82) is 0 Å². The van der Waals surface area contributed by atoms with Crippen molar-refractivity contribution in [3.8, 4) is 0 Å². The number of H-pyrrole nitrogens is 2. The molecule has 0 fully saturated rings. The number of carbonyl (C=O) groups excluding carboxylic acids is 1. The number of aromatic amines is 2. The van der Waals surface area contributed by atoms with Gasteiger partial charge in [0, 0.05) is 17.3 Å². The van der Waals surface area contributed by atoms with Gasteiger partial charge >= 0.3 is 0 Å². The quantitative estimate of drug-likeness (QED) is 0.526. The van der Waals surface area contributed by atoms with Crippen LogP contribution in [0.15, 0.2) is 48.7 Å². The topological polar surface area (TPSA) is 86.5 Å². The first kappa shape index (κ1) is 11.7. The molecule has 2 aromatic heterocycles. The van der Waals surface area contributed by atoms with Gasteiger partial charge in [-0.1, -0.05) is 12.1 Å². The Labute approximate surface area is 119 Å². The SMILES string of the molecule is O=C(Nc1ccc2n[nH]nc2c1)c1cccc2cc[nH]c12. The lowest BCUT2D eigenvalue weighted by molar-refractivity contribution is 0.102. The Balaban J connectivity index is 1.70. The average Bonchev–Trinajstić information content (AvgIpc) is 3.14. The van der Waals surface area contributed by atoms with Gasteiger partial charge in [-0.3, -0.25) is 4.79 Å². The number of nitrogens with one attached hydrogen (secondary N) is 3. The van der Waals surface area contributed by atoms with Gasteiger partial charge in [0.2, 0.25) is 0 Å². The second-order valence-electron chi connectivity index (χ2n) is 4.73. The Bertz CT molecular complexity index is 953. The number of aromatic nitrogens is 4. The van der Waals surface area contributed by atoms with Gasteiger partial charge in [0.05, 0.1) is 11.1 Å². The maximum atomic E-state index is 12.4. The fourth-order valence-electron chi connectivity index (χ4n) is 2.39. The normalized spacial score (nSPS) is 11.0. The highest BCUT2D eigenvalue weighted by atomic mass is 16.1. The lowest BCUT2D eigenvalue weighted by atomic mass is 10.1. The third-order valence-electron chi connectivity index (χ3n) is 3.41. The molecule has 4 aromatic rings. The summed E-state index contributed by atoms with van der Waals surface area (Å²) in [6, 6.07) is 13.0. The Morgan fingerprint density at radius 3 is 2.90 bits per heavy atom. The zero-order chi connectivity index (χ0) is 14.2. The minimum atomic E-state index is -0.161. The Morgan fingerprint density at radius 2 is 1.95 bits per heavy atom. The van der Waals surface area contributed by atoms with E-state index in [1.807, 2.05) is 30.5 Å². The third-order valence-corrected chi connectivity index (χ3v) is 3.41. The molecule has 21 heavy (non-hydrogen) atoms. The fraction of sp³-hybridized carbons (Fsp3) is 0. The van der Waals surface area contributed by atoms with E-state index < -0.39 is 0 Å². The van der Waals surface area contributed by atoms with Crippen LogP contribution in [0.25, 0.3) is 21.9 Å². The highest BCUT2D eigenvalue weighted by Crippen LogP contribution is 2.20. The largest absolute Gasteiger partial charge is 0.361 e. The van der Waals surface area contributed by atoms with E-state index in [9.17, 15) is 4.79 Å². The fourth-order valence-corrected chi connectivity index (χ4v) is 2.39. The summed E-state index contributed by atoms with van der Waals surface area (Å²) in [7, 11) is 0. The maximum Gasteiger partial charge on any atom is 0.257 e. The average molecular weight is 277 g/mol. The lowest BCUT2D eigenvalue weighted by Gasteiger charge is -2.06. The van der Waals surface area contributed by atoms with E-state index in [-0.39, 0.29) is 5.91 Å². The second-order valence-corrected chi connectivity index (χ2v) is 4.73. The number of anilines is 1. The zero-order valence-corrected chi connectivity index (χ0v) is 10.9. The van der Waals surface area contributed by atoms with Crippen molar-refractivity contribution in [2.24, 2.45) is 0 Å². The van der Waals surface area contributed by atoms with Gasteiger partial charge in [-0.2, -0.15) is 15.4 Å². The molecule has 4 rings (SSSR count). The summed E-state index contributed by atoms with van der Waals surface area (Å²) in [4.78, 5) is 15.5. The van der Waals surface area contributed by atoms with Crippen LogP contribution in [-0.2, 0) is 0 Å². The predicted molar refractivity (Wildman–Crippen MR) is 80.1 cm³/mol. The molecule has 0 unspecified atom stereocenters. The van der Waals surface area contributed by atoms with Crippen molar-refractivity contribution in [1.82, 2.24) is 20.4 Å². The number of hydrogen-bond acceptors (Lipinski definition) is 3. The van der Waals surface area contributed by atoms with Crippen molar-refractivity contribution in [2.45, 2.75) is 0 Å². The molecule has 0 bridgehead atoms. The van der Waals surface area contributed by atoms with Crippen LogP contribution < -0.4 is 5.32 Å². The van der Waals surface area contributed by atoms with Crippen molar-refractivity contribution in [3.05, 3.63) is 54.2 Å². The summed E-state index contributed by atoms with van der Waals surface area (Å²) in [5.74, 6) is -0.161. The first-order valence-corrected chi connectivity index (χ1v) is 6.49. The van der Waals surface area contributed by atoms with Crippen LogP contribution in [0.4, 0.5) is 5.69 Å². The summed E-state index contributed by atoms with van der Waals surface area (Å²) in [5.41, 5.74) is 3.60. The van der Waals surface area contributed by atoms with Crippen molar-refractivity contribution >= 4 is 33.5 Å². The highest BCUT2D eigenvalue weighted by molar-refractivity contribution is 6.12. The van der Waals surface area contributed by atoms with E-state index in [1.165, 1.54) is 0 Å². The molecule has 0 saturated carbocycles. The number of fused-ring (bicyclic) bond motifs is 2. The zero-order valence-electron chi connectivity index (χ0n) is 10.9. The van der Waals surface area contributed by atoms with Crippen LogP contribution in [0.1, 0.15) is 10.4 Å². The molecule has 0 spiro atoms. The van der Waals surface area contributed by atoms with Crippen LogP contribution in [0.2, 0.25) is 0 Å². The number of rotatable bonds is 2. The molecule has 6 nitrogen and oxygen atoms in total. The van der Waals surface area contributed by atoms with Gasteiger partial charge in [-0.25, -0.2) is 0 Å². The number of benzene rings is 2. The molecule has 3 N–H and O–H groups in total. The molecule has 0 aliphatic carbocycles. The Kier molecular flexibility index (Phi) is 2.47. The van der Waals surface area contributed by atoms with Crippen LogP contribution in [0.5, 0.6) is 0 Å². The van der Waals surface area contributed by atoms with E-state index >= 15 is 0 Å². The number of amides is 1. The molecule has 1 amide bonds. The monoisotopic (exact) mass is 277 g/mol. The predicted octanol–water partition coefficient (Wildman–Crippen LogP) is 2.69. The van der Waals surface area contributed by atoms with Crippen LogP contribution in [-0.4, -0.2) is 26.3 Å². The number of carbonyl (C=O) groups is 1. The standard InChI is InChI=1S/C15H11N5O/c21-15(11-3-1-2-9-6-7-16-14(9)11)17-10-4-5-12-13(8-10)19-20-18-12/h1-8,16H,(H,17,21)(H,18,19,20). The van der Waals surface area contributed by atoms with Gasteiger partial charge in [0.1, 0.15) is 11.0 Å². The molecule has 2 aromatic carbocycles. The van der Waals surface area contributed by atoms with Gasteiger partial charge in [-0.05, 0) is 30.3 Å². The van der Waals surface area contributed by atoms with E-state index in [4.69, 9.17) is 0 Å². The highest BCUT2D eigenvalue weighted by Gasteiger charge is 2.11. The molecule has 2 heterocycles.